The van der Waals surface area contributed by atoms with Gasteiger partial charge >= 0.3 is 0 Å². The van der Waals surface area contributed by atoms with Crippen LogP contribution in [0.25, 0.3) is 0 Å². The molecule has 0 aromatic heterocycles. The van der Waals surface area contributed by atoms with Crippen molar-refractivity contribution in [3.63, 3.8) is 0 Å². The molecule has 1 heterocycles. The lowest BCUT2D eigenvalue weighted by Crippen LogP contribution is -2.45. The first-order valence-electron chi connectivity index (χ1n) is 8.40. The molecule has 1 saturated heterocycles. The van der Waals surface area contributed by atoms with E-state index in [1.54, 1.807) is 0 Å². The largest absolute Gasteiger partial charge is 0.488 e. The van der Waals surface area contributed by atoms with E-state index in [0.717, 1.165) is 37.3 Å². The summed E-state index contributed by atoms with van der Waals surface area (Å²) in [6.45, 7) is 2.96. The summed E-state index contributed by atoms with van der Waals surface area (Å²) in [5.74, 6) is 0.838. The molecule has 1 atom stereocenters. The van der Waals surface area contributed by atoms with Gasteiger partial charge < -0.3 is 15.2 Å². The maximum atomic E-state index is 6.21. The maximum absolute atomic E-state index is 6.21. The van der Waals surface area contributed by atoms with Crippen LogP contribution in [0.5, 0.6) is 5.75 Å². The number of anilines is 1. The van der Waals surface area contributed by atoms with Gasteiger partial charge in [-0.25, -0.2) is 0 Å². The highest BCUT2D eigenvalue weighted by molar-refractivity contribution is 5.54. The van der Waals surface area contributed by atoms with Crippen molar-refractivity contribution < 1.29 is 9.47 Å². The molecule has 1 unspecified atom stereocenters. The number of aryl methyl sites for hydroxylation is 1. The van der Waals surface area contributed by atoms with Crippen LogP contribution < -0.4 is 10.5 Å². The van der Waals surface area contributed by atoms with Crippen LogP contribution in [0.2, 0.25) is 0 Å². The van der Waals surface area contributed by atoms with Crippen molar-refractivity contribution in [3.8, 4) is 5.75 Å². The summed E-state index contributed by atoms with van der Waals surface area (Å²) < 4.78 is 12.3. The first kappa shape index (κ1) is 14.7. The highest BCUT2D eigenvalue weighted by Crippen LogP contribution is 2.40. The van der Waals surface area contributed by atoms with Crippen LogP contribution in [0.1, 0.15) is 57.4 Å². The molecule has 3 rings (SSSR count). The molecule has 1 aromatic rings. The summed E-state index contributed by atoms with van der Waals surface area (Å²) in [7, 11) is 0. The predicted octanol–water partition coefficient (Wildman–Crippen LogP) is 4.09. The summed E-state index contributed by atoms with van der Waals surface area (Å²) in [6, 6.07) is 6.17. The molecule has 2 N–H and O–H groups in total. The minimum absolute atomic E-state index is 0.0826. The SMILES string of the molecule is CCc1ccc(OC2CCOC3(CCCCC3)C2)c(N)c1. The molecule has 116 valence electrons. The van der Waals surface area contributed by atoms with Crippen LogP contribution in [-0.2, 0) is 11.2 Å². The second-order valence-corrected chi connectivity index (χ2v) is 6.55. The lowest BCUT2D eigenvalue weighted by atomic mass is 9.79. The third-order valence-electron chi connectivity index (χ3n) is 4.99. The van der Waals surface area contributed by atoms with E-state index in [4.69, 9.17) is 15.2 Å². The summed E-state index contributed by atoms with van der Waals surface area (Å²) in [4.78, 5) is 0. The van der Waals surface area contributed by atoms with Crippen molar-refractivity contribution in [2.45, 2.75) is 70.0 Å². The molecule has 0 bridgehead atoms. The van der Waals surface area contributed by atoms with Crippen LogP contribution in [0.4, 0.5) is 5.69 Å². The van der Waals surface area contributed by atoms with Gasteiger partial charge in [-0.15, -0.1) is 0 Å². The van der Waals surface area contributed by atoms with Crippen molar-refractivity contribution in [1.29, 1.82) is 0 Å². The summed E-state index contributed by atoms with van der Waals surface area (Å²) in [5.41, 5.74) is 8.23. The summed E-state index contributed by atoms with van der Waals surface area (Å²) in [5, 5.41) is 0. The normalized spacial score (nSPS) is 24.9. The molecule has 21 heavy (non-hydrogen) atoms. The zero-order valence-electron chi connectivity index (χ0n) is 13.1. The van der Waals surface area contributed by atoms with Crippen molar-refractivity contribution in [1.82, 2.24) is 0 Å². The average molecular weight is 289 g/mol. The van der Waals surface area contributed by atoms with E-state index in [-0.39, 0.29) is 11.7 Å². The van der Waals surface area contributed by atoms with E-state index >= 15 is 0 Å². The van der Waals surface area contributed by atoms with Gasteiger partial charge in [0, 0.05) is 12.8 Å². The van der Waals surface area contributed by atoms with Gasteiger partial charge in [-0.2, -0.15) is 0 Å². The Bertz CT molecular complexity index is 475. The Morgan fingerprint density at radius 2 is 2.10 bits per heavy atom. The predicted molar refractivity (Wildman–Crippen MR) is 85.7 cm³/mol. The molecule has 1 aliphatic heterocycles. The quantitative estimate of drug-likeness (QED) is 0.852. The number of hydrogen-bond donors (Lipinski definition) is 1. The van der Waals surface area contributed by atoms with Gasteiger partial charge in [-0.1, -0.05) is 32.3 Å². The third-order valence-corrected chi connectivity index (χ3v) is 4.99. The molecule has 1 saturated carbocycles. The van der Waals surface area contributed by atoms with Crippen LogP contribution in [0.15, 0.2) is 18.2 Å². The fraction of sp³-hybridized carbons (Fsp3) is 0.667. The number of nitrogen functional groups attached to an aromatic ring is 1. The van der Waals surface area contributed by atoms with Crippen LogP contribution in [-0.4, -0.2) is 18.3 Å². The van der Waals surface area contributed by atoms with E-state index in [1.807, 2.05) is 12.1 Å². The van der Waals surface area contributed by atoms with Gasteiger partial charge in [0.25, 0.3) is 0 Å². The Morgan fingerprint density at radius 1 is 1.29 bits per heavy atom. The molecule has 2 fully saturated rings. The van der Waals surface area contributed by atoms with Gasteiger partial charge in [0.2, 0.25) is 0 Å². The molecule has 0 amide bonds. The maximum Gasteiger partial charge on any atom is 0.142 e. The molecule has 2 aliphatic rings. The number of benzene rings is 1. The fourth-order valence-electron chi connectivity index (χ4n) is 3.73. The Hall–Kier alpha value is -1.22. The zero-order valence-corrected chi connectivity index (χ0v) is 13.1. The minimum Gasteiger partial charge on any atom is -0.488 e. The second kappa shape index (κ2) is 6.27. The van der Waals surface area contributed by atoms with E-state index in [2.05, 4.69) is 13.0 Å². The smallest absolute Gasteiger partial charge is 0.142 e. The highest BCUT2D eigenvalue weighted by atomic mass is 16.5. The Labute approximate surface area is 127 Å². The van der Waals surface area contributed by atoms with Crippen LogP contribution in [0, 0.1) is 0 Å². The molecule has 1 aliphatic carbocycles. The first-order valence-corrected chi connectivity index (χ1v) is 8.40. The molecule has 0 radical (unpaired) electrons. The monoisotopic (exact) mass is 289 g/mol. The van der Waals surface area contributed by atoms with Gasteiger partial charge in [0.15, 0.2) is 0 Å². The lowest BCUT2D eigenvalue weighted by molar-refractivity contribution is -0.129. The zero-order chi connectivity index (χ0) is 14.7. The van der Waals surface area contributed by atoms with Gasteiger partial charge in [-0.3, -0.25) is 0 Å². The van der Waals surface area contributed by atoms with E-state index in [9.17, 15) is 0 Å². The average Bonchev–Trinajstić information content (AvgIpc) is 2.50. The molecule has 3 nitrogen and oxygen atoms in total. The topological polar surface area (TPSA) is 44.5 Å². The number of hydrogen-bond acceptors (Lipinski definition) is 3. The molecule has 1 spiro atoms. The van der Waals surface area contributed by atoms with Crippen molar-refractivity contribution in [3.05, 3.63) is 23.8 Å². The van der Waals surface area contributed by atoms with Gasteiger partial charge in [-0.05, 0) is 37.0 Å². The molecular formula is C18H27NO2. The number of ether oxygens (including phenoxy) is 2. The Morgan fingerprint density at radius 3 is 2.81 bits per heavy atom. The Kier molecular flexibility index (Phi) is 4.39. The molecule has 1 aromatic carbocycles. The van der Waals surface area contributed by atoms with E-state index in [0.29, 0.717) is 0 Å². The van der Waals surface area contributed by atoms with Crippen molar-refractivity contribution in [2.75, 3.05) is 12.3 Å². The third kappa shape index (κ3) is 3.34. The first-order chi connectivity index (χ1) is 10.2. The van der Waals surface area contributed by atoms with Crippen molar-refractivity contribution >= 4 is 5.69 Å². The number of nitrogens with two attached hydrogens (primary N) is 1. The second-order valence-electron chi connectivity index (χ2n) is 6.55. The van der Waals surface area contributed by atoms with Crippen LogP contribution in [0.3, 0.4) is 0 Å². The lowest BCUT2D eigenvalue weighted by Gasteiger charge is -2.43. The fourth-order valence-corrected chi connectivity index (χ4v) is 3.73. The summed E-state index contributed by atoms with van der Waals surface area (Å²) >= 11 is 0. The number of rotatable bonds is 3. The van der Waals surface area contributed by atoms with E-state index < -0.39 is 0 Å². The standard InChI is InChI=1S/C18H27NO2/c1-2-14-6-7-17(16(19)12-14)21-15-8-11-20-18(13-15)9-4-3-5-10-18/h6-7,12,15H,2-5,8-11,13,19H2,1H3. The molecule has 3 heteroatoms. The minimum atomic E-state index is 0.0826. The van der Waals surface area contributed by atoms with E-state index in [1.165, 1.54) is 37.7 Å². The van der Waals surface area contributed by atoms with Crippen LogP contribution >= 0.6 is 0 Å². The molecular weight excluding hydrogens is 262 g/mol. The van der Waals surface area contributed by atoms with Crippen molar-refractivity contribution in [2.24, 2.45) is 0 Å². The van der Waals surface area contributed by atoms with Gasteiger partial charge in [0.1, 0.15) is 11.9 Å². The highest BCUT2D eigenvalue weighted by Gasteiger charge is 2.39. The van der Waals surface area contributed by atoms with Gasteiger partial charge in [0.05, 0.1) is 17.9 Å². The summed E-state index contributed by atoms with van der Waals surface area (Å²) in [6.07, 6.45) is 9.55. The Balaban J connectivity index is 1.67.